The van der Waals surface area contributed by atoms with Crippen LogP contribution in [-0.2, 0) is 24.4 Å². The highest BCUT2D eigenvalue weighted by atomic mass is 19.4. The van der Waals surface area contributed by atoms with Gasteiger partial charge in [0.25, 0.3) is 0 Å². The van der Waals surface area contributed by atoms with E-state index in [9.17, 15) is 18.0 Å². The molecular weight excluding hydrogens is 201 g/mol. The Labute approximate surface area is 77.0 Å². The van der Waals surface area contributed by atoms with Crippen LogP contribution in [0.1, 0.15) is 11.3 Å². The summed E-state index contributed by atoms with van der Waals surface area (Å²) in [4.78, 5) is 10.3. The number of aryl methyl sites for hydroxylation is 1. The molecule has 0 saturated heterocycles. The Hall–Kier alpha value is -1.53. The lowest BCUT2D eigenvalue weighted by molar-refractivity contribution is -0.139. The summed E-state index contributed by atoms with van der Waals surface area (Å²) >= 11 is 0. The second kappa shape index (κ2) is 3.32. The van der Waals surface area contributed by atoms with Gasteiger partial charge in [-0.25, -0.2) is 0 Å². The third kappa shape index (κ3) is 2.04. The molecule has 1 N–H and O–H groups in total. The molecule has 0 atom stereocenters. The highest BCUT2D eigenvalue weighted by molar-refractivity contribution is 5.70. The molecule has 0 radical (unpaired) electrons. The minimum atomic E-state index is -4.56. The summed E-state index contributed by atoms with van der Waals surface area (Å²) in [5, 5.41) is 11.8. The van der Waals surface area contributed by atoms with E-state index in [1.165, 1.54) is 7.05 Å². The minimum Gasteiger partial charge on any atom is -0.481 e. The van der Waals surface area contributed by atoms with Gasteiger partial charge >= 0.3 is 12.1 Å². The third-order valence-electron chi connectivity index (χ3n) is 1.69. The normalized spacial score (nSPS) is 11.7. The van der Waals surface area contributed by atoms with Gasteiger partial charge in [0.05, 0.1) is 23.9 Å². The van der Waals surface area contributed by atoms with Crippen molar-refractivity contribution in [3.8, 4) is 0 Å². The molecule has 0 fully saturated rings. The molecule has 0 spiro atoms. The Bertz CT molecular complexity index is 356. The first-order chi connectivity index (χ1) is 6.32. The van der Waals surface area contributed by atoms with Crippen molar-refractivity contribution in [3.63, 3.8) is 0 Å². The van der Waals surface area contributed by atoms with Crippen LogP contribution in [0.15, 0.2) is 6.20 Å². The third-order valence-corrected chi connectivity index (χ3v) is 1.69. The molecular formula is C7H7F3N2O2. The van der Waals surface area contributed by atoms with E-state index in [2.05, 4.69) is 5.10 Å². The van der Waals surface area contributed by atoms with Crippen molar-refractivity contribution >= 4 is 5.97 Å². The monoisotopic (exact) mass is 208 g/mol. The van der Waals surface area contributed by atoms with Crippen LogP contribution in [0.25, 0.3) is 0 Å². The van der Waals surface area contributed by atoms with E-state index >= 15 is 0 Å². The fourth-order valence-corrected chi connectivity index (χ4v) is 1.05. The largest absolute Gasteiger partial charge is 0.481 e. The van der Waals surface area contributed by atoms with Crippen LogP contribution in [0.3, 0.4) is 0 Å². The Morgan fingerprint density at radius 3 is 2.64 bits per heavy atom. The summed E-state index contributed by atoms with van der Waals surface area (Å²) < 4.78 is 37.7. The van der Waals surface area contributed by atoms with Crippen LogP contribution in [0.2, 0.25) is 0 Å². The van der Waals surface area contributed by atoms with Crippen LogP contribution in [0.4, 0.5) is 13.2 Å². The molecule has 0 aliphatic carbocycles. The first-order valence-electron chi connectivity index (χ1n) is 3.62. The fraction of sp³-hybridized carbons (Fsp3) is 0.429. The van der Waals surface area contributed by atoms with Crippen molar-refractivity contribution in [2.24, 2.45) is 7.05 Å². The molecule has 78 valence electrons. The number of nitrogens with zero attached hydrogens (tertiary/aromatic N) is 2. The van der Waals surface area contributed by atoms with Gasteiger partial charge in [-0.3, -0.25) is 9.48 Å². The number of aromatic nitrogens is 2. The first-order valence-corrected chi connectivity index (χ1v) is 3.62. The number of carbonyl (C=O) groups is 1. The van der Waals surface area contributed by atoms with Gasteiger partial charge in [0.2, 0.25) is 0 Å². The number of carboxylic acids is 1. The van der Waals surface area contributed by atoms with Gasteiger partial charge in [-0.05, 0) is 0 Å². The van der Waals surface area contributed by atoms with Crippen molar-refractivity contribution in [1.29, 1.82) is 0 Å². The van der Waals surface area contributed by atoms with Gasteiger partial charge in [-0.2, -0.15) is 18.3 Å². The summed E-state index contributed by atoms with van der Waals surface area (Å²) in [6.07, 6.45) is -4.62. The molecule has 1 rings (SSSR count). The smallest absolute Gasteiger partial charge is 0.419 e. The van der Waals surface area contributed by atoms with Crippen LogP contribution >= 0.6 is 0 Å². The van der Waals surface area contributed by atoms with E-state index < -0.39 is 24.1 Å². The number of rotatable bonds is 2. The van der Waals surface area contributed by atoms with Crippen molar-refractivity contribution in [1.82, 2.24) is 9.78 Å². The maximum atomic E-state index is 12.3. The predicted molar refractivity (Wildman–Crippen MR) is 39.5 cm³/mol. The van der Waals surface area contributed by atoms with Gasteiger partial charge in [0, 0.05) is 7.05 Å². The van der Waals surface area contributed by atoms with Crippen LogP contribution in [-0.4, -0.2) is 20.9 Å². The number of alkyl halides is 3. The molecule has 14 heavy (non-hydrogen) atoms. The predicted octanol–water partition coefficient (Wildman–Crippen LogP) is 1.07. The molecule has 1 aromatic heterocycles. The molecule has 0 unspecified atom stereocenters. The van der Waals surface area contributed by atoms with Crippen molar-refractivity contribution in [2.45, 2.75) is 12.6 Å². The maximum absolute atomic E-state index is 12.3. The summed E-state index contributed by atoms with van der Waals surface area (Å²) in [6, 6.07) is 0. The Balaban J connectivity index is 3.13. The van der Waals surface area contributed by atoms with E-state index in [0.717, 1.165) is 4.68 Å². The number of halogens is 3. The number of hydrogen-bond donors (Lipinski definition) is 1. The summed E-state index contributed by atoms with van der Waals surface area (Å²) in [6.45, 7) is 0. The zero-order valence-electron chi connectivity index (χ0n) is 7.17. The molecule has 1 aromatic rings. The summed E-state index contributed by atoms with van der Waals surface area (Å²) in [5.74, 6) is -1.32. The van der Waals surface area contributed by atoms with E-state index in [1.807, 2.05) is 0 Å². The molecule has 1 heterocycles. The van der Waals surface area contributed by atoms with Crippen LogP contribution in [0.5, 0.6) is 0 Å². The lowest BCUT2D eigenvalue weighted by atomic mass is 10.2. The standard InChI is InChI=1S/C7H7F3N2O2/c1-12-5(2-6(13)14)4(3-11-12)7(8,9)10/h3H,2H2,1H3,(H,13,14). The number of hydrogen-bond acceptors (Lipinski definition) is 2. The topological polar surface area (TPSA) is 55.1 Å². The molecule has 0 aliphatic heterocycles. The zero-order valence-corrected chi connectivity index (χ0v) is 7.17. The molecule has 0 aromatic carbocycles. The van der Waals surface area contributed by atoms with E-state index in [-0.39, 0.29) is 5.69 Å². The second-order valence-corrected chi connectivity index (χ2v) is 2.70. The van der Waals surface area contributed by atoms with E-state index in [0.29, 0.717) is 6.20 Å². The van der Waals surface area contributed by atoms with Gasteiger partial charge in [0.15, 0.2) is 0 Å². The summed E-state index contributed by atoms with van der Waals surface area (Å²) in [5.41, 5.74) is -1.34. The highest BCUT2D eigenvalue weighted by Crippen LogP contribution is 2.31. The number of aliphatic carboxylic acids is 1. The fourth-order valence-electron chi connectivity index (χ4n) is 1.05. The Morgan fingerprint density at radius 1 is 1.64 bits per heavy atom. The molecule has 0 bridgehead atoms. The number of carboxylic acid groups (broad SMARTS) is 1. The van der Waals surface area contributed by atoms with Crippen molar-refractivity contribution < 1.29 is 23.1 Å². The van der Waals surface area contributed by atoms with Gasteiger partial charge < -0.3 is 5.11 Å². The lowest BCUT2D eigenvalue weighted by Crippen LogP contribution is -2.13. The van der Waals surface area contributed by atoms with Gasteiger partial charge in [-0.15, -0.1) is 0 Å². The molecule has 0 saturated carbocycles. The first kappa shape index (κ1) is 10.6. The SMILES string of the molecule is Cn1ncc(C(F)(F)F)c1CC(=O)O. The molecule has 7 heteroatoms. The van der Waals surface area contributed by atoms with Crippen LogP contribution < -0.4 is 0 Å². The van der Waals surface area contributed by atoms with Gasteiger partial charge in [-0.1, -0.05) is 0 Å². The molecule has 0 amide bonds. The van der Waals surface area contributed by atoms with Gasteiger partial charge in [0.1, 0.15) is 0 Å². The summed E-state index contributed by atoms with van der Waals surface area (Å²) in [7, 11) is 1.27. The van der Waals surface area contributed by atoms with E-state index in [1.54, 1.807) is 0 Å². The lowest BCUT2D eigenvalue weighted by Gasteiger charge is -2.06. The van der Waals surface area contributed by atoms with Crippen molar-refractivity contribution in [3.05, 3.63) is 17.5 Å². The van der Waals surface area contributed by atoms with E-state index in [4.69, 9.17) is 5.11 Å². The van der Waals surface area contributed by atoms with Crippen molar-refractivity contribution in [2.75, 3.05) is 0 Å². The average Bonchev–Trinajstić information content (AvgIpc) is 2.30. The molecule has 4 nitrogen and oxygen atoms in total. The quantitative estimate of drug-likeness (QED) is 0.790. The second-order valence-electron chi connectivity index (χ2n) is 2.70. The maximum Gasteiger partial charge on any atom is 0.419 e. The highest BCUT2D eigenvalue weighted by Gasteiger charge is 2.36. The Kier molecular flexibility index (Phi) is 2.50. The minimum absolute atomic E-state index is 0.343. The molecule has 0 aliphatic rings. The average molecular weight is 208 g/mol. The van der Waals surface area contributed by atoms with Crippen LogP contribution in [0, 0.1) is 0 Å². The zero-order chi connectivity index (χ0) is 10.9. The Morgan fingerprint density at radius 2 is 2.21 bits per heavy atom.